The Labute approximate surface area is 127 Å². The third-order valence-corrected chi connectivity index (χ3v) is 3.58. The molecule has 0 spiro atoms. The summed E-state index contributed by atoms with van der Waals surface area (Å²) in [6.07, 6.45) is 5.31. The van der Waals surface area contributed by atoms with E-state index in [0.29, 0.717) is 5.82 Å². The molecule has 2 rings (SSSR count). The van der Waals surface area contributed by atoms with E-state index in [1.165, 1.54) is 0 Å². The second-order valence-corrected chi connectivity index (χ2v) is 5.85. The Balaban J connectivity index is 2.26. The van der Waals surface area contributed by atoms with Gasteiger partial charge in [0.1, 0.15) is 6.04 Å². The number of halogens is 1. The summed E-state index contributed by atoms with van der Waals surface area (Å²) in [6, 6.07) is -0.394. The summed E-state index contributed by atoms with van der Waals surface area (Å²) in [4.78, 5) is 10.7. The molecular formula is C13H19BrN6. The first kappa shape index (κ1) is 15.1. The minimum absolute atomic E-state index is 0.394. The average molecular weight is 339 g/mol. The smallest absolute Gasteiger partial charge is 0.151 e. The van der Waals surface area contributed by atoms with Crippen molar-refractivity contribution in [1.82, 2.24) is 24.6 Å². The van der Waals surface area contributed by atoms with Crippen molar-refractivity contribution >= 4 is 15.9 Å². The fourth-order valence-corrected chi connectivity index (χ4v) is 2.38. The molecule has 2 N–H and O–H groups in total. The molecule has 2 aromatic rings. The van der Waals surface area contributed by atoms with Crippen molar-refractivity contribution in [3.63, 3.8) is 0 Å². The molecule has 0 aliphatic carbocycles. The zero-order chi connectivity index (χ0) is 14.7. The van der Waals surface area contributed by atoms with Crippen LogP contribution in [0.3, 0.4) is 0 Å². The van der Waals surface area contributed by atoms with Gasteiger partial charge in [-0.15, -0.1) is 0 Å². The molecule has 0 aliphatic rings. The lowest BCUT2D eigenvalue weighted by molar-refractivity contribution is 0.367. The molecule has 7 heteroatoms. The summed E-state index contributed by atoms with van der Waals surface area (Å²) in [5, 5.41) is 4.36. The fourth-order valence-electron chi connectivity index (χ4n) is 1.84. The van der Waals surface area contributed by atoms with Crippen molar-refractivity contribution in [3.05, 3.63) is 40.1 Å². The van der Waals surface area contributed by atoms with E-state index in [1.54, 1.807) is 18.6 Å². The Morgan fingerprint density at radius 2 is 1.95 bits per heavy atom. The van der Waals surface area contributed by atoms with E-state index in [9.17, 15) is 0 Å². The molecule has 1 unspecified atom stereocenters. The molecule has 2 heterocycles. The molecule has 0 amide bonds. The molecule has 1 atom stereocenters. The van der Waals surface area contributed by atoms with Gasteiger partial charge in [0, 0.05) is 18.9 Å². The Morgan fingerprint density at radius 3 is 2.55 bits per heavy atom. The fraction of sp³-hybridized carbons (Fsp3) is 0.462. The average Bonchev–Trinajstić information content (AvgIpc) is 2.77. The number of hydrogen-bond acceptors (Lipinski definition) is 5. The SMILES string of the molecule is Cc1cnc(C(N)c2c(Br)cnn2CCN(C)C)nc1. The van der Waals surface area contributed by atoms with E-state index >= 15 is 0 Å². The highest BCUT2D eigenvalue weighted by Crippen LogP contribution is 2.24. The Bertz CT molecular complexity index is 563. The summed E-state index contributed by atoms with van der Waals surface area (Å²) in [5.41, 5.74) is 8.20. The molecule has 108 valence electrons. The summed E-state index contributed by atoms with van der Waals surface area (Å²) in [7, 11) is 4.06. The maximum absolute atomic E-state index is 6.29. The minimum atomic E-state index is -0.394. The normalized spacial score (nSPS) is 12.9. The van der Waals surface area contributed by atoms with Gasteiger partial charge in [0.25, 0.3) is 0 Å². The van der Waals surface area contributed by atoms with Crippen molar-refractivity contribution in [2.45, 2.75) is 19.5 Å². The predicted molar refractivity (Wildman–Crippen MR) is 81.3 cm³/mol. The molecule has 0 saturated carbocycles. The monoisotopic (exact) mass is 338 g/mol. The van der Waals surface area contributed by atoms with Crippen LogP contribution >= 0.6 is 15.9 Å². The second-order valence-electron chi connectivity index (χ2n) is 5.00. The van der Waals surface area contributed by atoms with E-state index in [-0.39, 0.29) is 0 Å². The van der Waals surface area contributed by atoms with E-state index in [4.69, 9.17) is 5.73 Å². The van der Waals surface area contributed by atoms with Crippen molar-refractivity contribution in [1.29, 1.82) is 0 Å². The van der Waals surface area contributed by atoms with E-state index in [1.807, 2.05) is 25.7 Å². The quantitative estimate of drug-likeness (QED) is 0.890. The lowest BCUT2D eigenvalue weighted by Crippen LogP contribution is -2.24. The van der Waals surface area contributed by atoms with E-state index in [2.05, 4.69) is 35.9 Å². The number of aryl methyl sites for hydroxylation is 1. The standard InChI is InChI=1S/C13H19BrN6/c1-9-6-16-13(17-7-9)11(15)12-10(14)8-18-20(12)5-4-19(2)3/h6-8,11H,4-5,15H2,1-3H3. The predicted octanol–water partition coefficient (Wildman–Crippen LogP) is 1.35. The van der Waals surface area contributed by atoms with Gasteiger partial charge in [0.15, 0.2) is 5.82 Å². The minimum Gasteiger partial charge on any atom is -0.316 e. The number of nitrogens with zero attached hydrogens (tertiary/aromatic N) is 5. The van der Waals surface area contributed by atoms with Crippen LogP contribution in [-0.4, -0.2) is 45.3 Å². The Morgan fingerprint density at radius 1 is 1.30 bits per heavy atom. The number of rotatable bonds is 5. The first-order valence-electron chi connectivity index (χ1n) is 6.39. The zero-order valence-corrected chi connectivity index (χ0v) is 13.5. The highest BCUT2D eigenvalue weighted by atomic mass is 79.9. The highest BCUT2D eigenvalue weighted by Gasteiger charge is 2.20. The summed E-state index contributed by atoms with van der Waals surface area (Å²) < 4.78 is 2.78. The van der Waals surface area contributed by atoms with Crippen LogP contribution in [0.5, 0.6) is 0 Å². The molecule has 0 aromatic carbocycles. The van der Waals surface area contributed by atoms with Gasteiger partial charge in [-0.1, -0.05) is 0 Å². The Kier molecular flexibility index (Phi) is 4.85. The van der Waals surface area contributed by atoms with Crippen LogP contribution in [0.25, 0.3) is 0 Å². The second kappa shape index (κ2) is 6.43. The third-order valence-electron chi connectivity index (χ3n) is 2.97. The van der Waals surface area contributed by atoms with Gasteiger partial charge >= 0.3 is 0 Å². The molecule has 20 heavy (non-hydrogen) atoms. The van der Waals surface area contributed by atoms with Crippen LogP contribution in [0.15, 0.2) is 23.1 Å². The number of likely N-dealkylation sites (N-methyl/N-ethyl adjacent to an activating group) is 1. The lowest BCUT2D eigenvalue weighted by Gasteiger charge is -2.16. The Hall–Kier alpha value is -1.31. The third kappa shape index (κ3) is 3.41. The lowest BCUT2D eigenvalue weighted by atomic mass is 10.2. The van der Waals surface area contributed by atoms with Crippen LogP contribution in [0.1, 0.15) is 23.1 Å². The molecule has 0 aliphatic heterocycles. The summed E-state index contributed by atoms with van der Waals surface area (Å²) in [5.74, 6) is 0.600. The highest BCUT2D eigenvalue weighted by molar-refractivity contribution is 9.10. The van der Waals surface area contributed by atoms with E-state index < -0.39 is 6.04 Å². The maximum atomic E-state index is 6.29. The van der Waals surface area contributed by atoms with Gasteiger partial charge in [-0.3, -0.25) is 4.68 Å². The number of hydrogen-bond donors (Lipinski definition) is 1. The van der Waals surface area contributed by atoms with Crippen LogP contribution in [0.4, 0.5) is 0 Å². The van der Waals surface area contributed by atoms with Crippen LogP contribution in [0, 0.1) is 6.92 Å². The number of aromatic nitrogens is 4. The first-order valence-corrected chi connectivity index (χ1v) is 7.18. The van der Waals surface area contributed by atoms with Gasteiger partial charge in [0.05, 0.1) is 22.9 Å². The zero-order valence-electron chi connectivity index (χ0n) is 11.9. The van der Waals surface area contributed by atoms with Gasteiger partial charge in [-0.2, -0.15) is 5.10 Å². The molecule has 0 fully saturated rings. The van der Waals surface area contributed by atoms with Gasteiger partial charge in [0.2, 0.25) is 0 Å². The molecule has 2 aromatic heterocycles. The number of nitrogens with two attached hydrogens (primary N) is 1. The van der Waals surface area contributed by atoms with Gasteiger partial charge < -0.3 is 10.6 Å². The van der Waals surface area contributed by atoms with E-state index in [0.717, 1.165) is 28.8 Å². The molecule has 0 bridgehead atoms. The summed E-state index contributed by atoms with van der Waals surface area (Å²) >= 11 is 3.50. The van der Waals surface area contributed by atoms with Crippen molar-refractivity contribution < 1.29 is 0 Å². The van der Waals surface area contributed by atoms with Gasteiger partial charge in [-0.05, 0) is 42.5 Å². The maximum Gasteiger partial charge on any atom is 0.151 e. The molecular weight excluding hydrogens is 320 g/mol. The van der Waals surface area contributed by atoms with Crippen LogP contribution in [0.2, 0.25) is 0 Å². The van der Waals surface area contributed by atoms with Crippen molar-refractivity contribution in [3.8, 4) is 0 Å². The van der Waals surface area contributed by atoms with Crippen LogP contribution in [-0.2, 0) is 6.54 Å². The van der Waals surface area contributed by atoms with Gasteiger partial charge in [-0.25, -0.2) is 9.97 Å². The van der Waals surface area contributed by atoms with Crippen molar-refractivity contribution in [2.75, 3.05) is 20.6 Å². The molecule has 0 radical (unpaired) electrons. The van der Waals surface area contributed by atoms with Crippen molar-refractivity contribution in [2.24, 2.45) is 5.73 Å². The molecule has 6 nitrogen and oxygen atoms in total. The topological polar surface area (TPSA) is 72.9 Å². The largest absolute Gasteiger partial charge is 0.316 e. The summed E-state index contributed by atoms with van der Waals surface area (Å²) in [6.45, 7) is 3.61. The first-order chi connectivity index (χ1) is 9.49. The van der Waals surface area contributed by atoms with Crippen LogP contribution < -0.4 is 5.73 Å². The molecule has 0 saturated heterocycles.